The van der Waals surface area contributed by atoms with E-state index in [2.05, 4.69) is 4.84 Å². The molecule has 1 heterocycles. The first-order valence-electron chi connectivity index (χ1n) is 3.63. The minimum atomic E-state index is 0.0140. The molecular weight excluding hydrogens is 156 g/mol. The highest BCUT2D eigenvalue weighted by atomic mass is 16.6. The fourth-order valence-electron chi connectivity index (χ4n) is 1.03. The third-order valence-corrected chi connectivity index (χ3v) is 1.76. The molecule has 0 bridgehead atoms. The Labute approximate surface area is 70.5 Å². The second kappa shape index (κ2) is 3.51. The number of nitrogens with zero attached hydrogens (tertiary/aromatic N) is 1. The largest absolute Gasteiger partial charge is 0.352 e. The number of aromatic nitrogens is 1. The molecule has 1 aromatic rings. The fraction of sp³-hybridized carbons (Fsp3) is 0.375. The quantitative estimate of drug-likeness (QED) is 0.636. The number of pyridine rings is 1. The zero-order valence-electron chi connectivity index (χ0n) is 7.20. The smallest absolute Gasteiger partial charge is 0.184 e. The summed E-state index contributed by atoms with van der Waals surface area (Å²) in [5.41, 5.74) is 1.51. The van der Waals surface area contributed by atoms with Crippen molar-refractivity contribution in [2.45, 2.75) is 13.5 Å². The number of aryl methyl sites for hydroxylation is 2. The average molecular weight is 168 g/mol. The van der Waals surface area contributed by atoms with Crippen LogP contribution < -0.4 is 11.3 Å². The van der Waals surface area contributed by atoms with Crippen LogP contribution in [-0.4, -0.2) is 4.57 Å². The summed E-state index contributed by atoms with van der Waals surface area (Å²) in [7, 11) is 1.85. The van der Waals surface area contributed by atoms with Crippen molar-refractivity contribution in [1.82, 2.24) is 4.57 Å². The lowest BCUT2D eigenvalue weighted by Crippen LogP contribution is -2.14. The Morgan fingerprint density at radius 2 is 2.33 bits per heavy atom. The third kappa shape index (κ3) is 1.72. The monoisotopic (exact) mass is 168 g/mol. The van der Waals surface area contributed by atoms with Gasteiger partial charge in [0.2, 0.25) is 0 Å². The van der Waals surface area contributed by atoms with Gasteiger partial charge in [0, 0.05) is 30.6 Å². The molecule has 0 unspecified atom stereocenters. The Kier molecular flexibility index (Phi) is 2.62. The van der Waals surface area contributed by atoms with Crippen LogP contribution in [0.3, 0.4) is 0 Å². The summed E-state index contributed by atoms with van der Waals surface area (Å²) in [6.45, 7) is 2.03. The predicted molar refractivity (Wildman–Crippen MR) is 45.4 cm³/mol. The van der Waals surface area contributed by atoms with Crippen LogP contribution in [0.4, 0.5) is 0 Å². The average Bonchev–Trinajstić information content (AvgIpc) is 2.01. The molecule has 4 nitrogen and oxygen atoms in total. The molecule has 0 fully saturated rings. The molecule has 0 aliphatic rings. The maximum atomic E-state index is 11.2. The van der Waals surface area contributed by atoms with Gasteiger partial charge >= 0.3 is 0 Å². The van der Waals surface area contributed by atoms with E-state index in [-0.39, 0.29) is 12.0 Å². The molecule has 1 rings (SSSR count). The number of nitrogens with two attached hydrogens (primary N) is 1. The minimum absolute atomic E-state index is 0.0140. The van der Waals surface area contributed by atoms with Crippen molar-refractivity contribution in [2.24, 2.45) is 12.9 Å². The highest BCUT2D eigenvalue weighted by Crippen LogP contribution is 1.97. The normalized spacial score (nSPS) is 10.2. The topological polar surface area (TPSA) is 57.2 Å². The minimum Gasteiger partial charge on any atom is -0.352 e. The third-order valence-electron chi connectivity index (χ3n) is 1.76. The van der Waals surface area contributed by atoms with Crippen molar-refractivity contribution in [3.63, 3.8) is 0 Å². The van der Waals surface area contributed by atoms with Gasteiger partial charge in [-0.25, -0.2) is 5.90 Å². The highest BCUT2D eigenvalue weighted by Gasteiger charge is 1.99. The predicted octanol–water partition coefficient (Wildman–Crippen LogP) is 0.0840. The van der Waals surface area contributed by atoms with Gasteiger partial charge in [0.15, 0.2) is 5.43 Å². The van der Waals surface area contributed by atoms with Crippen LogP contribution >= 0.6 is 0 Å². The molecule has 0 aromatic carbocycles. The van der Waals surface area contributed by atoms with Crippen molar-refractivity contribution < 1.29 is 4.84 Å². The molecule has 0 atom stereocenters. The van der Waals surface area contributed by atoms with Gasteiger partial charge in [-0.05, 0) is 6.92 Å². The van der Waals surface area contributed by atoms with E-state index in [9.17, 15) is 4.79 Å². The van der Waals surface area contributed by atoms with Gasteiger partial charge < -0.3 is 4.57 Å². The summed E-state index contributed by atoms with van der Waals surface area (Å²) in [5.74, 6) is 4.90. The summed E-state index contributed by atoms with van der Waals surface area (Å²) in [6, 6.07) is 1.53. The van der Waals surface area contributed by atoms with Gasteiger partial charge in [0.25, 0.3) is 0 Å². The van der Waals surface area contributed by atoms with E-state index in [1.165, 1.54) is 6.07 Å². The van der Waals surface area contributed by atoms with Crippen LogP contribution in [0, 0.1) is 6.92 Å². The Hall–Kier alpha value is -1.13. The molecule has 0 aliphatic carbocycles. The van der Waals surface area contributed by atoms with E-state index in [1.54, 1.807) is 13.1 Å². The summed E-state index contributed by atoms with van der Waals surface area (Å²) in [5, 5.41) is 0. The molecule has 12 heavy (non-hydrogen) atoms. The maximum Gasteiger partial charge on any atom is 0.184 e. The lowest BCUT2D eigenvalue weighted by Gasteiger charge is -2.07. The molecule has 0 aliphatic heterocycles. The van der Waals surface area contributed by atoms with E-state index in [4.69, 9.17) is 5.90 Å². The van der Waals surface area contributed by atoms with Crippen molar-refractivity contribution in [2.75, 3.05) is 0 Å². The number of rotatable bonds is 2. The van der Waals surface area contributed by atoms with Crippen LogP contribution in [-0.2, 0) is 18.5 Å². The van der Waals surface area contributed by atoms with Crippen LogP contribution in [0.1, 0.15) is 11.3 Å². The Bertz CT molecular complexity index is 330. The number of hydrogen-bond acceptors (Lipinski definition) is 3. The lowest BCUT2D eigenvalue weighted by molar-refractivity contribution is 0.119. The van der Waals surface area contributed by atoms with E-state index in [1.807, 2.05) is 11.6 Å². The van der Waals surface area contributed by atoms with E-state index in [0.29, 0.717) is 0 Å². The molecule has 0 saturated heterocycles. The summed E-state index contributed by atoms with van der Waals surface area (Å²) >= 11 is 0. The molecule has 1 aromatic heterocycles. The second-order valence-electron chi connectivity index (χ2n) is 2.73. The standard InChI is InChI=1S/C8H12N2O2/c1-6-4-10(2)7(5-12-9)3-8(6)11/h3-4H,5,9H2,1-2H3. The van der Waals surface area contributed by atoms with Gasteiger partial charge in [0.1, 0.15) is 6.61 Å². The molecule has 66 valence electrons. The van der Waals surface area contributed by atoms with Gasteiger partial charge in [-0.2, -0.15) is 0 Å². The Balaban J connectivity index is 3.14. The molecule has 0 amide bonds. The SMILES string of the molecule is Cc1cn(C)c(CON)cc1=O. The molecule has 0 saturated carbocycles. The van der Waals surface area contributed by atoms with Gasteiger partial charge in [-0.1, -0.05) is 0 Å². The van der Waals surface area contributed by atoms with Crippen LogP contribution in [0.5, 0.6) is 0 Å². The van der Waals surface area contributed by atoms with Crippen LogP contribution in [0.15, 0.2) is 17.1 Å². The molecular formula is C8H12N2O2. The Morgan fingerprint density at radius 3 is 2.92 bits per heavy atom. The number of hydrogen-bond donors (Lipinski definition) is 1. The molecule has 4 heteroatoms. The fourth-order valence-corrected chi connectivity index (χ4v) is 1.03. The Morgan fingerprint density at radius 1 is 1.67 bits per heavy atom. The van der Waals surface area contributed by atoms with E-state index >= 15 is 0 Å². The van der Waals surface area contributed by atoms with Crippen molar-refractivity contribution >= 4 is 0 Å². The van der Waals surface area contributed by atoms with Crippen molar-refractivity contribution in [1.29, 1.82) is 0 Å². The zero-order chi connectivity index (χ0) is 9.14. The first kappa shape index (κ1) is 8.96. The van der Waals surface area contributed by atoms with Gasteiger partial charge in [-0.15, -0.1) is 0 Å². The first-order chi connectivity index (χ1) is 5.65. The second-order valence-corrected chi connectivity index (χ2v) is 2.73. The summed E-state index contributed by atoms with van der Waals surface area (Å²) < 4.78 is 1.82. The first-order valence-corrected chi connectivity index (χ1v) is 3.63. The lowest BCUT2D eigenvalue weighted by atomic mass is 10.2. The summed E-state index contributed by atoms with van der Waals surface area (Å²) in [4.78, 5) is 15.6. The van der Waals surface area contributed by atoms with E-state index < -0.39 is 0 Å². The maximum absolute atomic E-state index is 11.2. The van der Waals surface area contributed by atoms with Gasteiger partial charge in [0.05, 0.1) is 0 Å². The molecule has 0 spiro atoms. The van der Waals surface area contributed by atoms with Crippen molar-refractivity contribution in [3.05, 3.63) is 33.7 Å². The highest BCUT2D eigenvalue weighted by molar-refractivity contribution is 5.13. The van der Waals surface area contributed by atoms with Crippen LogP contribution in [0.2, 0.25) is 0 Å². The zero-order valence-corrected chi connectivity index (χ0v) is 7.20. The van der Waals surface area contributed by atoms with Crippen molar-refractivity contribution in [3.8, 4) is 0 Å². The van der Waals surface area contributed by atoms with Crippen LogP contribution in [0.25, 0.3) is 0 Å². The molecule has 0 radical (unpaired) electrons. The van der Waals surface area contributed by atoms with E-state index in [0.717, 1.165) is 11.3 Å². The van der Waals surface area contributed by atoms with Gasteiger partial charge in [-0.3, -0.25) is 9.63 Å². The molecule has 2 N–H and O–H groups in total. The summed E-state index contributed by atoms with van der Waals surface area (Å²) in [6.07, 6.45) is 1.76.